The molecule has 0 aromatic heterocycles. The third-order valence-corrected chi connectivity index (χ3v) is 4.04. The van der Waals surface area contributed by atoms with Crippen molar-refractivity contribution in [1.82, 2.24) is 15.1 Å². The van der Waals surface area contributed by atoms with Crippen LogP contribution in [0.3, 0.4) is 0 Å². The van der Waals surface area contributed by atoms with Gasteiger partial charge in [0.25, 0.3) is 0 Å². The van der Waals surface area contributed by atoms with Gasteiger partial charge in [-0.15, -0.1) is 0 Å². The van der Waals surface area contributed by atoms with Crippen LogP contribution in [0.15, 0.2) is 0 Å². The van der Waals surface area contributed by atoms with Gasteiger partial charge in [-0.2, -0.15) is 0 Å². The lowest BCUT2D eigenvalue weighted by Crippen LogP contribution is -2.40. The van der Waals surface area contributed by atoms with Crippen LogP contribution >= 0.6 is 0 Å². The summed E-state index contributed by atoms with van der Waals surface area (Å²) in [4.78, 5) is 4.90. The van der Waals surface area contributed by atoms with Crippen molar-refractivity contribution in [2.75, 3.05) is 40.3 Å². The third-order valence-electron chi connectivity index (χ3n) is 4.04. The minimum Gasteiger partial charge on any atom is -0.314 e. The third kappa shape index (κ3) is 8.61. The molecule has 114 valence electrons. The van der Waals surface area contributed by atoms with E-state index < -0.39 is 0 Å². The van der Waals surface area contributed by atoms with Gasteiger partial charge in [-0.3, -0.25) is 4.90 Å². The first-order chi connectivity index (χ1) is 9.13. The fourth-order valence-corrected chi connectivity index (χ4v) is 2.72. The highest BCUT2D eigenvalue weighted by Gasteiger charge is 2.19. The summed E-state index contributed by atoms with van der Waals surface area (Å²) in [5.41, 5.74) is 0. The molecule has 1 rings (SSSR count). The second-order valence-corrected chi connectivity index (χ2v) is 6.38. The van der Waals surface area contributed by atoms with Gasteiger partial charge in [0.1, 0.15) is 0 Å². The number of hydrogen-bond donors (Lipinski definition) is 1. The van der Waals surface area contributed by atoms with E-state index in [1.807, 2.05) is 0 Å². The molecule has 0 aromatic carbocycles. The second-order valence-electron chi connectivity index (χ2n) is 6.38. The van der Waals surface area contributed by atoms with E-state index in [4.69, 9.17) is 0 Å². The average molecular weight is 269 g/mol. The molecule has 3 heteroatoms. The molecule has 0 radical (unpaired) electrons. The Morgan fingerprint density at radius 1 is 1.11 bits per heavy atom. The number of nitrogens with zero attached hydrogens (tertiary/aromatic N) is 2. The average Bonchev–Trinajstić information content (AvgIpc) is 3.15. The highest BCUT2D eigenvalue weighted by Crippen LogP contribution is 2.18. The quantitative estimate of drug-likeness (QED) is 0.549. The molecule has 0 spiro atoms. The van der Waals surface area contributed by atoms with Gasteiger partial charge in [-0.05, 0) is 66.3 Å². The van der Waals surface area contributed by atoms with Crippen LogP contribution in [0.5, 0.6) is 0 Å². The Kier molecular flexibility index (Phi) is 8.67. The SMILES string of the molecule is CCN(CCCCCCNC1CC1)C(C)CN(C)C. The molecule has 1 unspecified atom stereocenters. The number of hydrogen-bond acceptors (Lipinski definition) is 3. The van der Waals surface area contributed by atoms with Crippen molar-refractivity contribution in [1.29, 1.82) is 0 Å². The van der Waals surface area contributed by atoms with Gasteiger partial charge >= 0.3 is 0 Å². The van der Waals surface area contributed by atoms with Gasteiger partial charge in [0.05, 0.1) is 0 Å². The fourth-order valence-electron chi connectivity index (χ4n) is 2.72. The minimum absolute atomic E-state index is 0.677. The normalized spacial score (nSPS) is 17.4. The van der Waals surface area contributed by atoms with E-state index in [1.165, 1.54) is 64.7 Å². The predicted molar refractivity (Wildman–Crippen MR) is 84.8 cm³/mol. The maximum atomic E-state index is 3.59. The molecule has 0 saturated heterocycles. The van der Waals surface area contributed by atoms with E-state index in [9.17, 15) is 0 Å². The topological polar surface area (TPSA) is 18.5 Å². The number of rotatable bonds is 12. The maximum absolute atomic E-state index is 3.59. The molecule has 1 aliphatic carbocycles. The van der Waals surface area contributed by atoms with Crippen molar-refractivity contribution in [3.8, 4) is 0 Å². The van der Waals surface area contributed by atoms with Gasteiger partial charge < -0.3 is 10.2 Å². The first kappa shape index (κ1) is 16.9. The zero-order valence-electron chi connectivity index (χ0n) is 13.6. The van der Waals surface area contributed by atoms with E-state index in [0.717, 1.165) is 6.04 Å². The molecule has 1 aliphatic rings. The molecule has 0 amide bonds. The van der Waals surface area contributed by atoms with Crippen molar-refractivity contribution in [3.63, 3.8) is 0 Å². The number of likely N-dealkylation sites (N-methyl/N-ethyl adjacent to an activating group) is 2. The molecule has 19 heavy (non-hydrogen) atoms. The summed E-state index contributed by atoms with van der Waals surface area (Å²) in [7, 11) is 4.33. The van der Waals surface area contributed by atoms with Crippen molar-refractivity contribution >= 4 is 0 Å². The zero-order chi connectivity index (χ0) is 14.1. The molecular formula is C16H35N3. The summed E-state index contributed by atoms with van der Waals surface area (Å²) in [5, 5.41) is 3.59. The molecule has 0 aromatic rings. The molecule has 1 saturated carbocycles. The van der Waals surface area contributed by atoms with Gasteiger partial charge in [0.15, 0.2) is 0 Å². The van der Waals surface area contributed by atoms with Crippen LogP contribution in [-0.4, -0.2) is 62.2 Å². The van der Waals surface area contributed by atoms with Crippen molar-refractivity contribution in [3.05, 3.63) is 0 Å². The van der Waals surface area contributed by atoms with E-state index >= 15 is 0 Å². The van der Waals surface area contributed by atoms with Crippen molar-refractivity contribution in [2.24, 2.45) is 0 Å². The summed E-state index contributed by atoms with van der Waals surface area (Å²) in [6.45, 7) is 9.48. The molecule has 0 heterocycles. The van der Waals surface area contributed by atoms with Crippen LogP contribution in [0.4, 0.5) is 0 Å². The maximum Gasteiger partial charge on any atom is 0.0194 e. The van der Waals surface area contributed by atoms with Crippen LogP contribution in [0.25, 0.3) is 0 Å². The first-order valence-electron chi connectivity index (χ1n) is 8.25. The summed E-state index contributed by atoms with van der Waals surface area (Å²) in [5.74, 6) is 0. The predicted octanol–water partition coefficient (Wildman–Crippen LogP) is 2.57. The van der Waals surface area contributed by atoms with Crippen LogP contribution in [0.1, 0.15) is 52.4 Å². The second kappa shape index (κ2) is 9.73. The lowest BCUT2D eigenvalue weighted by Gasteiger charge is -2.29. The lowest BCUT2D eigenvalue weighted by molar-refractivity contribution is 0.178. The summed E-state index contributed by atoms with van der Waals surface area (Å²) >= 11 is 0. The summed E-state index contributed by atoms with van der Waals surface area (Å²) in [6.07, 6.45) is 8.31. The number of nitrogens with one attached hydrogen (secondary N) is 1. The standard InChI is InChI=1S/C16H35N3/c1-5-19(15(2)14-18(3)4)13-9-7-6-8-12-17-16-10-11-16/h15-17H,5-14H2,1-4H3. The zero-order valence-corrected chi connectivity index (χ0v) is 13.6. The van der Waals surface area contributed by atoms with Gasteiger partial charge in [0.2, 0.25) is 0 Å². The molecule has 3 nitrogen and oxygen atoms in total. The Balaban J connectivity index is 1.95. The highest BCUT2D eigenvalue weighted by atomic mass is 15.2. The molecule has 0 bridgehead atoms. The Labute approximate surface area is 120 Å². The Bertz CT molecular complexity index is 214. The van der Waals surface area contributed by atoms with Crippen molar-refractivity contribution in [2.45, 2.75) is 64.5 Å². The van der Waals surface area contributed by atoms with E-state index in [-0.39, 0.29) is 0 Å². The first-order valence-corrected chi connectivity index (χ1v) is 8.25. The summed E-state index contributed by atoms with van der Waals surface area (Å²) < 4.78 is 0. The Morgan fingerprint density at radius 3 is 2.37 bits per heavy atom. The number of unbranched alkanes of at least 4 members (excludes halogenated alkanes) is 3. The molecule has 1 fully saturated rings. The van der Waals surface area contributed by atoms with Gasteiger partial charge in [-0.25, -0.2) is 0 Å². The van der Waals surface area contributed by atoms with E-state index in [0.29, 0.717) is 6.04 Å². The Hall–Kier alpha value is -0.120. The minimum atomic E-state index is 0.677. The van der Waals surface area contributed by atoms with Crippen LogP contribution in [0, 0.1) is 0 Å². The van der Waals surface area contributed by atoms with Crippen LogP contribution in [0.2, 0.25) is 0 Å². The van der Waals surface area contributed by atoms with Gasteiger partial charge in [-0.1, -0.05) is 19.8 Å². The Morgan fingerprint density at radius 2 is 1.79 bits per heavy atom. The van der Waals surface area contributed by atoms with E-state index in [1.54, 1.807) is 0 Å². The molecule has 1 atom stereocenters. The summed E-state index contributed by atoms with van der Waals surface area (Å²) in [6, 6.07) is 1.55. The largest absolute Gasteiger partial charge is 0.314 e. The lowest BCUT2D eigenvalue weighted by atomic mass is 10.1. The molecule has 0 aliphatic heterocycles. The van der Waals surface area contributed by atoms with Gasteiger partial charge in [0, 0.05) is 18.6 Å². The molecule has 1 N–H and O–H groups in total. The highest BCUT2D eigenvalue weighted by molar-refractivity contribution is 4.80. The fraction of sp³-hybridized carbons (Fsp3) is 1.00. The van der Waals surface area contributed by atoms with E-state index in [2.05, 4.69) is 43.1 Å². The van der Waals surface area contributed by atoms with Crippen LogP contribution < -0.4 is 5.32 Å². The monoisotopic (exact) mass is 269 g/mol. The van der Waals surface area contributed by atoms with Crippen LogP contribution in [-0.2, 0) is 0 Å². The molecular weight excluding hydrogens is 234 g/mol. The smallest absolute Gasteiger partial charge is 0.0194 e. The van der Waals surface area contributed by atoms with Crippen molar-refractivity contribution < 1.29 is 0 Å².